The molecule has 0 saturated carbocycles. The minimum absolute atomic E-state index is 0.201. The van der Waals surface area contributed by atoms with E-state index in [0.29, 0.717) is 30.3 Å². The van der Waals surface area contributed by atoms with Gasteiger partial charge in [-0.1, -0.05) is 78.9 Å². The summed E-state index contributed by atoms with van der Waals surface area (Å²) in [6.07, 6.45) is 2.18. The number of nitrogens with zero attached hydrogens (tertiary/aromatic N) is 2. The van der Waals surface area contributed by atoms with Crippen LogP contribution in [0, 0.1) is 22.7 Å². The van der Waals surface area contributed by atoms with Gasteiger partial charge in [-0.15, -0.1) is 0 Å². The second-order valence-corrected chi connectivity index (χ2v) is 10.0. The van der Waals surface area contributed by atoms with E-state index in [0.717, 1.165) is 39.0 Å². The Hall–Kier alpha value is -5.72. The molecule has 0 aliphatic heterocycles. The van der Waals surface area contributed by atoms with Crippen LogP contribution in [0.15, 0.2) is 115 Å². The van der Waals surface area contributed by atoms with Crippen molar-refractivity contribution >= 4 is 16.3 Å². The van der Waals surface area contributed by atoms with E-state index in [1.165, 1.54) is 11.5 Å². The number of hydrogen-bond donors (Lipinski definition) is 0. The number of hydrogen-bond acceptors (Lipinski definition) is 6. The molecule has 0 aliphatic rings. The van der Waals surface area contributed by atoms with Crippen LogP contribution >= 0.6 is 0 Å². The van der Waals surface area contributed by atoms with Crippen molar-refractivity contribution in [3.8, 4) is 35.1 Å². The van der Waals surface area contributed by atoms with Crippen molar-refractivity contribution in [3.63, 3.8) is 0 Å². The van der Waals surface area contributed by atoms with Gasteiger partial charge < -0.3 is 18.9 Å². The summed E-state index contributed by atoms with van der Waals surface area (Å²) < 4.78 is 21.5. The minimum Gasteiger partial charge on any atom is -0.493 e. The molecule has 0 radical (unpaired) electrons. The number of benzene rings is 5. The highest BCUT2D eigenvalue weighted by atomic mass is 16.5. The smallest absolute Gasteiger partial charge is 0.161 e. The topological polar surface area (TPSA) is 84.5 Å². The Morgan fingerprint density at radius 3 is 2.00 bits per heavy atom. The van der Waals surface area contributed by atoms with Crippen LogP contribution in [0.4, 0.5) is 0 Å². The van der Waals surface area contributed by atoms with Gasteiger partial charge in [0.05, 0.1) is 46.0 Å². The van der Waals surface area contributed by atoms with E-state index in [-0.39, 0.29) is 5.92 Å². The molecule has 226 valence electrons. The fourth-order valence-electron chi connectivity index (χ4n) is 5.03. The lowest BCUT2D eigenvalue weighted by Gasteiger charge is -2.14. The van der Waals surface area contributed by atoms with Gasteiger partial charge in [0.15, 0.2) is 23.0 Å². The van der Waals surface area contributed by atoms with E-state index in [1.807, 2.05) is 91.9 Å². The summed E-state index contributed by atoms with van der Waals surface area (Å²) >= 11 is 0. The van der Waals surface area contributed by atoms with E-state index in [4.69, 9.17) is 24.2 Å². The molecule has 0 heterocycles. The number of rotatable bonds is 10. The summed E-state index contributed by atoms with van der Waals surface area (Å²) in [5, 5.41) is 21.0. The summed E-state index contributed by atoms with van der Waals surface area (Å²) in [5.74, 6) is 2.54. The molecule has 0 amide bonds. The molecule has 5 aromatic carbocycles. The van der Waals surface area contributed by atoms with Crippen LogP contribution in [-0.4, -0.2) is 27.9 Å². The zero-order chi connectivity index (χ0) is 32.0. The molecular formula is C39H36N2O4. The van der Waals surface area contributed by atoms with E-state index in [2.05, 4.69) is 36.4 Å². The molecule has 5 aromatic rings. The van der Waals surface area contributed by atoms with Gasteiger partial charge in [-0.05, 0) is 82.3 Å². The Kier molecular flexibility index (Phi) is 11.6. The summed E-state index contributed by atoms with van der Waals surface area (Å²) in [6, 6.07) is 40.2. The monoisotopic (exact) mass is 596 g/mol. The van der Waals surface area contributed by atoms with Gasteiger partial charge in [0.2, 0.25) is 0 Å². The van der Waals surface area contributed by atoms with Crippen LogP contribution < -0.4 is 18.9 Å². The van der Waals surface area contributed by atoms with Crippen molar-refractivity contribution in [1.29, 1.82) is 10.5 Å². The number of methoxy groups -OCH3 is 3. The molecule has 0 fully saturated rings. The number of ether oxygens (including phenoxy) is 4. The van der Waals surface area contributed by atoms with Gasteiger partial charge in [0.25, 0.3) is 0 Å². The van der Waals surface area contributed by atoms with E-state index >= 15 is 0 Å². The lowest BCUT2D eigenvalue weighted by Crippen LogP contribution is -2.02. The first-order chi connectivity index (χ1) is 22.0. The Bertz CT molecular complexity index is 1830. The van der Waals surface area contributed by atoms with Crippen LogP contribution in [-0.2, 0) is 6.42 Å². The maximum absolute atomic E-state index is 9.68. The zero-order valence-electron chi connectivity index (χ0n) is 26.0. The highest BCUT2D eigenvalue weighted by molar-refractivity contribution is 5.83. The van der Waals surface area contributed by atoms with Crippen LogP contribution in [0.25, 0.3) is 16.3 Å². The Labute approximate surface area is 265 Å². The quantitative estimate of drug-likeness (QED) is 0.150. The average molecular weight is 597 g/mol. The third-order valence-electron chi connectivity index (χ3n) is 7.29. The van der Waals surface area contributed by atoms with Gasteiger partial charge in [-0.25, -0.2) is 0 Å². The maximum atomic E-state index is 9.68. The summed E-state index contributed by atoms with van der Waals surface area (Å²) in [7, 11) is 4.82. The zero-order valence-corrected chi connectivity index (χ0v) is 26.0. The minimum atomic E-state index is -0.201. The molecule has 6 heteroatoms. The SMILES string of the molecule is CCOc1cc(CC(C#N)c2ccc3ccccc3c2)ccc1OC.COc1ccc(C(=CC#N)c2ccccc2)cc1OC. The number of nitriles is 2. The molecule has 0 spiro atoms. The standard InChI is InChI=1S/C22H21NO2.C17H15NO2/c1-3-25-22-13-16(8-11-21(22)24-2)12-20(15-23)19-10-9-17-6-4-5-7-18(17)14-19;1-19-16-9-8-14(12-17(16)20-2)15(10-11-18)13-6-4-3-5-7-13/h4-11,13-14,20H,3,12H2,1-2H3;3-10,12H,1-2H3. The molecule has 0 aromatic heterocycles. The largest absolute Gasteiger partial charge is 0.493 e. The lowest BCUT2D eigenvalue weighted by molar-refractivity contribution is 0.310. The summed E-state index contributed by atoms with van der Waals surface area (Å²) in [6.45, 7) is 2.52. The van der Waals surface area contributed by atoms with Crippen molar-refractivity contribution in [2.45, 2.75) is 19.3 Å². The fourth-order valence-corrected chi connectivity index (χ4v) is 5.03. The van der Waals surface area contributed by atoms with E-state index in [9.17, 15) is 5.26 Å². The summed E-state index contributed by atoms with van der Waals surface area (Å²) in [5.41, 5.74) is 4.85. The Morgan fingerprint density at radius 2 is 1.33 bits per heavy atom. The van der Waals surface area contributed by atoms with Gasteiger partial charge in [0, 0.05) is 6.08 Å². The second-order valence-electron chi connectivity index (χ2n) is 10.0. The van der Waals surface area contributed by atoms with Gasteiger partial charge in [-0.2, -0.15) is 10.5 Å². The maximum Gasteiger partial charge on any atom is 0.161 e. The van der Waals surface area contributed by atoms with Crippen molar-refractivity contribution in [1.82, 2.24) is 0 Å². The highest BCUT2D eigenvalue weighted by Crippen LogP contribution is 2.33. The molecule has 0 aliphatic carbocycles. The first-order valence-corrected chi connectivity index (χ1v) is 14.6. The van der Waals surface area contributed by atoms with Crippen LogP contribution in [0.3, 0.4) is 0 Å². The van der Waals surface area contributed by atoms with Gasteiger partial charge >= 0.3 is 0 Å². The number of allylic oxidation sites excluding steroid dienone is 1. The predicted molar refractivity (Wildman–Crippen MR) is 179 cm³/mol. The molecular weight excluding hydrogens is 560 g/mol. The van der Waals surface area contributed by atoms with Crippen molar-refractivity contribution in [2.75, 3.05) is 27.9 Å². The first-order valence-electron chi connectivity index (χ1n) is 14.6. The fraction of sp³-hybridized carbons (Fsp3) is 0.179. The molecule has 0 saturated heterocycles. The molecule has 45 heavy (non-hydrogen) atoms. The van der Waals surface area contributed by atoms with E-state index < -0.39 is 0 Å². The highest BCUT2D eigenvalue weighted by Gasteiger charge is 2.14. The van der Waals surface area contributed by atoms with E-state index in [1.54, 1.807) is 21.3 Å². The molecule has 1 unspecified atom stereocenters. The van der Waals surface area contributed by atoms with Gasteiger partial charge in [0.1, 0.15) is 0 Å². The third-order valence-corrected chi connectivity index (χ3v) is 7.29. The molecule has 6 nitrogen and oxygen atoms in total. The Balaban J connectivity index is 0.000000210. The van der Waals surface area contributed by atoms with Crippen molar-refractivity contribution < 1.29 is 18.9 Å². The predicted octanol–water partition coefficient (Wildman–Crippen LogP) is 8.76. The average Bonchev–Trinajstić information content (AvgIpc) is 3.10. The lowest BCUT2D eigenvalue weighted by atomic mass is 9.91. The molecule has 0 bridgehead atoms. The third kappa shape index (κ3) is 8.22. The van der Waals surface area contributed by atoms with Crippen molar-refractivity contribution in [2.24, 2.45) is 0 Å². The molecule has 0 N–H and O–H groups in total. The summed E-state index contributed by atoms with van der Waals surface area (Å²) in [4.78, 5) is 0. The van der Waals surface area contributed by atoms with Crippen molar-refractivity contribution in [3.05, 3.63) is 138 Å². The normalized spacial score (nSPS) is 11.3. The van der Waals surface area contributed by atoms with Crippen LogP contribution in [0.1, 0.15) is 35.1 Å². The first kappa shape index (κ1) is 32.2. The van der Waals surface area contributed by atoms with Crippen LogP contribution in [0.5, 0.6) is 23.0 Å². The van der Waals surface area contributed by atoms with Gasteiger partial charge in [-0.3, -0.25) is 0 Å². The second kappa shape index (κ2) is 16.2. The Morgan fingerprint density at radius 1 is 0.667 bits per heavy atom. The molecule has 1 atom stereocenters. The van der Waals surface area contributed by atoms with Crippen LogP contribution in [0.2, 0.25) is 0 Å². The number of fused-ring (bicyclic) bond motifs is 1. The molecule has 5 rings (SSSR count).